The third kappa shape index (κ3) is 7.60. The van der Waals surface area contributed by atoms with Crippen molar-refractivity contribution in [2.45, 2.75) is 49.0 Å². The molecule has 0 aromatic carbocycles. The largest absolute Gasteiger partial charge is 0.476 e. The van der Waals surface area contributed by atoms with Crippen LogP contribution in [-0.4, -0.2) is 38.8 Å². The molecular formula is C19H22F3NO4S2. The molecule has 3 atom stereocenters. The lowest BCUT2D eigenvalue weighted by molar-refractivity contribution is -0.121. The molecular weight excluding hydrogens is 427 g/mol. The van der Waals surface area contributed by atoms with E-state index in [-0.39, 0.29) is 36.2 Å². The summed E-state index contributed by atoms with van der Waals surface area (Å²) in [5.74, 6) is -1.85. The first-order valence-electron chi connectivity index (χ1n) is 9.16. The first kappa shape index (κ1) is 23.6. The second-order valence-corrected chi connectivity index (χ2v) is 8.94. The lowest BCUT2D eigenvalue weighted by atomic mass is 9.92. The second kappa shape index (κ2) is 11.5. The molecule has 0 radical (unpaired) electrons. The zero-order valence-electron chi connectivity index (χ0n) is 15.5. The van der Waals surface area contributed by atoms with Crippen molar-refractivity contribution in [3.05, 3.63) is 35.1 Å². The number of allylic oxidation sites excluding steroid dienone is 2. The Balaban J connectivity index is 1.77. The molecule has 1 aromatic rings. The molecule has 0 saturated heterocycles. The number of aliphatic hydroxyl groups is 1. The van der Waals surface area contributed by atoms with Crippen LogP contribution in [0.1, 0.15) is 49.0 Å². The molecule has 0 unspecified atom stereocenters. The molecule has 5 nitrogen and oxygen atoms in total. The summed E-state index contributed by atoms with van der Waals surface area (Å²) in [6, 6.07) is 0. The van der Waals surface area contributed by atoms with E-state index in [1.807, 2.05) is 6.08 Å². The summed E-state index contributed by atoms with van der Waals surface area (Å²) >= 11 is 2.67. The number of carbonyl (C=O) groups is 2. The Kier molecular flexibility index (Phi) is 9.38. The van der Waals surface area contributed by atoms with Crippen LogP contribution < -0.4 is 0 Å². The minimum atomic E-state index is -2.35. The van der Waals surface area contributed by atoms with E-state index >= 15 is 0 Å². The van der Waals surface area contributed by atoms with Gasteiger partial charge in [-0.15, -0.1) is 11.3 Å². The van der Waals surface area contributed by atoms with Crippen molar-refractivity contribution in [2.24, 2.45) is 11.8 Å². The van der Waals surface area contributed by atoms with Crippen LogP contribution in [0.4, 0.5) is 13.2 Å². The molecule has 1 heterocycles. The first-order valence-corrected chi connectivity index (χ1v) is 11.0. The molecule has 1 aromatic heterocycles. The fraction of sp³-hybridized carbons (Fsp3) is 0.526. The van der Waals surface area contributed by atoms with Gasteiger partial charge < -0.3 is 10.2 Å². The van der Waals surface area contributed by atoms with Crippen molar-refractivity contribution in [2.75, 3.05) is 5.75 Å². The topological polar surface area (TPSA) is 87.5 Å². The SMILES string of the molecule is O=C(O)c1csc(SCC[C@H]2C(=O)CC[C@@H]2/C=C/C[C@@H](O)CCC(F)=C(F)F)n1. The van der Waals surface area contributed by atoms with Crippen LogP contribution in [-0.2, 0) is 4.79 Å². The average molecular weight is 450 g/mol. The number of carboxylic acid groups (broad SMARTS) is 1. The Bertz CT molecular complexity index is 777. The Morgan fingerprint density at radius 3 is 2.83 bits per heavy atom. The maximum Gasteiger partial charge on any atom is 0.355 e. The normalized spacial score (nSPS) is 20.3. The number of halogens is 3. The zero-order valence-corrected chi connectivity index (χ0v) is 17.2. The molecule has 0 aliphatic heterocycles. The summed E-state index contributed by atoms with van der Waals surface area (Å²) in [4.78, 5) is 27.0. The number of aliphatic hydroxyl groups excluding tert-OH is 1. The highest BCUT2D eigenvalue weighted by atomic mass is 32.2. The standard InChI is InChI=1S/C19H22F3NO4S2/c20-14(17(21)22)6-5-12(24)3-1-2-11-4-7-16(25)13(11)8-9-28-19-23-15(10-29-19)18(26)27/h1-2,10-13,24H,3-9H2,(H,26,27)/b2-1+/t11-,12+,13+/m0/s1. The van der Waals surface area contributed by atoms with Crippen molar-refractivity contribution < 1.29 is 33.0 Å². The highest BCUT2D eigenvalue weighted by molar-refractivity contribution is 8.01. The maximum absolute atomic E-state index is 12.8. The molecule has 10 heteroatoms. The van der Waals surface area contributed by atoms with Crippen molar-refractivity contribution in [1.29, 1.82) is 0 Å². The maximum atomic E-state index is 12.8. The van der Waals surface area contributed by atoms with Crippen molar-refractivity contribution in [3.63, 3.8) is 0 Å². The average Bonchev–Trinajstić information content (AvgIpc) is 3.28. The molecule has 0 bridgehead atoms. The van der Waals surface area contributed by atoms with Gasteiger partial charge in [0, 0.05) is 29.9 Å². The summed E-state index contributed by atoms with van der Waals surface area (Å²) in [5.41, 5.74) is 0.0124. The van der Waals surface area contributed by atoms with E-state index in [0.29, 0.717) is 29.4 Å². The van der Waals surface area contributed by atoms with Crippen molar-refractivity contribution in [1.82, 2.24) is 4.98 Å². The van der Waals surface area contributed by atoms with Gasteiger partial charge in [0.05, 0.1) is 6.10 Å². The van der Waals surface area contributed by atoms with Crippen molar-refractivity contribution >= 4 is 34.9 Å². The smallest absolute Gasteiger partial charge is 0.355 e. The Morgan fingerprint density at radius 1 is 1.41 bits per heavy atom. The molecule has 1 aliphatic rings. The van der Waals surface area contributed by atoms with Gasteiger partial charge in [0.2, 0.25) is 0 Å². The number of Topliss-reactive ketones (excluding diaryl/α,β-unsaturated/α-hetero) is 1. The zero-order chi connectivity index (χ0) is 21.4. The quantitative estimate of drug-likeness (QED) is 0.362. The molecule has 0 amide bonds. The Hall–Kier alpha value is -1.65. The molecule has 29 heavy (non-hydrogen) atoms. The van der Waals surface area contributed by atoms with E-state index in [1.54, 1.807) is 6.08 Å². The number of aromatic carboxylic acids is 1. The Labute approximate surface area is 174 Å². The number of rotatable bonds is 11. The summed E-state index contributed by atoms with van der Waals surface area (Å²) in [7, 11) is 0. The van der Waals surface area contributed by atoms with E-state index in [0.717, 1.165) is 0 Å². The summed E-state index contributed by atoms with van der Waals surface area (Å²) in [5, 5.41) is 20.1. The first-order chi connectivity index (χ1) is 13.8. The number of thioether (sulfide) groups is 1. The van der Waals surface area contributed by atoms with Gasteiger partial charge in [-0.1, -0.05) is 23.9 Å². The highest BCUT2D eigenvalue weighted by Crippen LogP contribution is 2.35. The number of carbonyl (C=O) groups excluding carboxylic acids is 1. The van der Waals surface area contributed by atoms with Gasteiger partial charge in [-0.25, -0.2) is 14.2 Å². The van der Waals surface area contributed by atoms with Gasteiger partial charge in [0.1, 0.15) is 5.78 Å². The van der Waals surface area contributed by atoms with Crippen molar-refractivity contribution in [3.8, 4) is 0 Å². The predicted molar refractivity (Wildman–Crippen MR) is 105 cm³/mol. The van der Waals surface area contributed by atoms with E-state index < -0.39 is 30.4 Å². The number of nitrogens with zero attached hydrogens (tertiary/aromatic N) is 1. The molecule has 1 fully saturated rings. The van der Waals surface area contributed by atoms with Gasteiger partial charge in [-0.2, -0.15) is 8.78 Å². The van der Waals surface area contributed by atoms with Crippen LogP contribution in [0.15, 0.2) is 33.8 Å². The van der Waals surface area contributed by atoms with E-state index in [2.05, 4.69) is 4.98 Å². The molecule has 160 valence electrons. The third-order valence-electron chi connectivity index (χ3n) is 4.70. The van der Waals surface area contributed by atoms with Crippen LogP contribution >= 0.6 is 23.1 Å². The summed E-state index contributed by atoms with van der Waals surface area (Å²) in [6.07, 6.45) is 1.77. The monoisotopic (exact) mass is 449 g/mol. The molecule has 2 N–H and O–H groups in total. The van der Waals surface area contributed by atoms with Gasteiger partial charge in [-0.3, -0.25) is 4.79 Å². The number of ketones is 1. The third-order valence-corrected chi connectivity index (χ3v) is 6.76. The predicted octanol–water partition coefficient (Wildman–Crippen LogP) is 5.08. The number of hydrogen-bond donors (Lipinski definition) is 2. The summed E-state index contributed by atoms with van der Waals surface area (Å²) < 4.78 is 37.4. The summed E-state index contributed by atoms with van der Waals surface area (Å²) in [6.45, 7) is 0. The van der Waals surface area contributed by atoms with Gasteiger partial charge in [0.25, 0.3) is 0 Å². The lowest BCUT2D eigenvalue weighted by Gasteiger charge is -2.14. The fourth-order valence-electron chi connectivity index (χ4n) is 3.15. The number of hydrogen-bond acceptors (Lipinski definition) is 6. The molecule has 0 spiro atoms. The van der Waals surface area contributed by atoms with Crippen LogP contribution in [0.5, 0.6) is 0 Å². The van der Waals surface area contributed by atoms with Crippen LogP contribution in [0, 0.1) is 11.8 Å². The number of aromatic nitrogens is 1. The fourth-order valence-corrected chi connectivity index (χ4v) is 5.04. The van der Waals surface area contributed by atoms with Gasteiger partial charge in [0.15, 0.2) is 15.9 Å². The van der Waals surface area contributed by atoms with E-state index in [4.69, 9.17) is 5.11 Å². The van der Waals surface area contributed by atoms with Gasteiger partial charge >= 0.3 is 12.0 Å². The minimum Gasteiger partial charge on any atom is -0.476 e. The van der Waals surface area contributed by atoms with Crippen LogP contribution in [0.3, 0.4) is 0 Å². The molecule has 1 saturated carbocycles. The van der Waals surface area contributed by atoms with Gasteiger partial charge in [-0.05, 0) is 31.6 Å². The Morgan fingerprint density at radius 2 is 2.17 bits per heavy atom. The van der Waals surface area contributed by atoms with Crippen LogP contribution in [0.25, 0.3) is 0 Å². The van der Waals surface area contributed by atoms with E-state index in [9.17, 15) is 27.9 Å². The van der Waals surface area contributed by atoms with E-state index in [1.165, 1.54) is 28.5 Å². The number of carboxylic acids is 1. The number of thiazole rings is 1. The van der Waals surface area contributed by atoms with Crippen LogP contribution in [0.2, 0.25) is 0 Å². The minimum absolute atomic E-state index is 0.0124. The second-order valence-electron chi connectivity index (χ2n) is 6.74. The molecule has 2 rings (SSSR count). The molecule has 1 aliphatic carbocycles. The lowest BCUT2D eigenvalue weighted by Crippen LogP contribution is -2.14. The highest BCUT2D eigenvalue weighted by Gasteiger charge is 2.32.